The molecule has 0 radical (unpaired) electrons. The van der Waals surface area contributed by atoms with Crippen LogP contribution in [0.4, 0.5) is 11.4 Å². The highest BCUT2D eigenvalue weighted by Gasteiger charge is 2.56. The summed E-state index contributed by atoms with van der Waals surface area (Å²) in [6.45, 7) is 5.38. The van der Waals surface area contributed by atoms with Crippen LogP contribution in [0, 0.1) is 18.8 Å². The average molecular weight is 272 g/mol. The molecule has 2 N–H and O–H groups in total. The Hall–Kier alpha value is -1.22. The van der Waals surface area contributed by atoms with Crippen LogP contribution >= 0.6 is 0 Å². The van der Waals surface area contributed by atoms with Crippen molar-refractivity contribution in [1.29, 1.82) is 0 Å². The molecule has 1 aromatic rings. The summed E-state index contributed by atoms with van der Waals surface area (Å²) in [5.41, 5.74) is 9.57. The van der Waals surface area contributed by atoms with Crippen LogP contribution in [0.25, 0.3) is 0 Å². The lowest BCUT2D eigenvalue weighted by Gasteiger charge is -2.45. The third-order valence-electron chi connectivity index (χ3n) is 5.65. The van der Waals surface area contributed by atoms with Crippen LogP contribution in [0.1, 0.15) is 31.2 Å². The largest absolute Gasteiger partial charge is 0.399 e. The van der Waals surface area contributed by atoms with E-state index in [2.05, 4.69) is 24.0 Å². The fourth-order valence-electron chi connectivity index (χ4n) is 4.41. The van der Waals surface area contributed by atoms with Crippen LogP contribution < -0.4 is 10.6 Å². The van der Waals surface area contributed by atoms with Gasteiger partial charge in [0.25, 0.3) is 0 Å². The molecule has 3 aliphatic rings. The molecule has 20 heavy (non-hydrogen) atoms. The molecule has 2 aliphatic heterocycles. The molecule has 1 aromatic carbocycles. The van der Waals surface area contributed by atoms with Crippen molar-refractivity contribution in [2.24, 2.45) is 11.8 Å². The van der Waals surface area contributed by atoms with Crippen molar-refractivity contribution in [3.05, 3.63) is 23.8 Å². The lowest BCUT2D eigenvalue weighted by molar-refractivity contribution is -0.102. The molecule has 2 heterocycles. The molecule has 0 aromatic heterocycles. The van der Waals surface area contributed by atoms with Crippen molar-refractivity contribution in [2.75, 3.05) is 30.3 Å². The first-order valence-electron chi connectivity index (χ1n) is 7.93. The quantitative estimate of drug-likeness (QED) is 0.799. The van der Waals surface area contributed by atoms with E-state index in [-0.39, 0.29) is 5.60 Å². The van der Waals surface area contributed by atoms with Crippen molar-refractivity contribution in [3.63, 3.8) is 0 Å². The zero-order valence-corrected chi connectivity index (χ0v) is 12.3. The molecule has 3 heteroatoms. The smallest absolute Gasteiger partial charge is 0.0746 e. The number of aryl methyl sites for hydroxylation is 1. The topological polar surface area (TPSA) is 38.5 Å². The number of ether oxygens (including phenoxy) is 1. The number of hydrogen-bond acceptors (Lipinski definition) is 3. The van der Waals surface area contributed by atoms with E-state index in [0.717, 1.165) is 37.2 Å². The van der Waals surface area contributed by atoms with E-state index in [4.69, 9.17) is 10.5 Å². The second-order valence-electron chi connectivity index (χ2n) is 6.84. The van der Waals surface area contributed by atoms with Crippen molar-refractivity contribution in [2.45, 2.75) is 38.2 Å². The molecule has 3 fully saturated rings. The molecule has 0 amide bonds. The lowest BCUT2D eigenvalue weighted by Crippen LogP contribution is -2.49. The predicted octanol–water partition coefficient (Wildman–Crippen LogP) is 2.97. The lowest BCUT2D eigenvalue weighted by atomic mass is 9.83. The van der Waals surface area contributed by atoms with Gasteiger partial charge in [0.15, 0.2) is 0 Å². The number of benzene rings is 1. The minimum atomic E-state index is 0.223. The summed E-state index contributed by atoms with van der Waals surface area (Å²) < 4.78 is 6.25. The van der Waals surface area contributed by atoms with Crippen molar-refractivity contribution < 1.29 is 4.74 Å². The molecular formula is C17H24N2O. The minimum Gasteiger partial charge on any atom is -0.399 e. The Morgan fingerprint density at radius 2 is 2.10 bits per heavy atom. The van der Waals surface area contributed by atoms with E-state index in [1.807, 2.05) is 6.07 Å². The molecule has 0 bridgehead atoms. The van der Waals surface area contributed by atoms with Gasteiger partial charge in [0.2, 0.25) is 0 Å². The molecule has 3 nitrogen and oxygen atoms in total. The van der Waals surface area contributed by atoms with Crippen LogP contribution in [0.5, 0.6) is 0 Å². The van der Waals surface area contributed by atoms with Crippen LogP contribution in [-0.4, -0.2) is 25.3 Å². The van der Waals surface area contributed by atoms with Gasteiger partial charge in [-0.1, -0.05) is 0 Å². The number of hydrogen-bond donors (Lipinski definition) is 1. The van der Waals surface area contributed by atoms with Crippen LogP contribution in [0.3, 0.4) is 0 Å². The van der Waals surface area contributed by atoms with E-state index >= 15 is 0 Å². The van der Waals surface area contributed by atoms with Crippen LogP contribution in [-0.2, 0) is 4.74 Å². The molecule has 2 atom stereocenters. The van der Waals surface area contributed by atoms with Gasteiger partial charge >= 0.3 is 0 Å². The monoisotopic (exact) mass is 272 g/mol. The van der Waals surface area contributed by atoms with E-state index < -0.39 is 0 Å². The van der Waals surface area contributed by atoms with Gasteiger partial charge < -0.3 is 15.4 Å². The second kappa shape index (κ2) is 4.39. The highest BCUT2D eigenvalue weighted by Crippen LogP contribution is 2.56. The van der Waals surface area contributed by atoms with Gasteiger partial charge in [-0.05, 0) is 68.2 Å². The maximum atomic E-state index is 6.25. The Morgan fingerprint density at radius 3 is 2.85 bits per heavy atom. The summed E-state index contributed by atoms with van der Waals surface area (Å²) in [6.07, 6.45) is 5.10. The number of piperidine rings is 1. The third kappa shape index (κ3) is 1.91. The molecule has 2 saturated heterocycles. The maximum absolute atomic E-state index is 6.25. The van der Waals surface area contributed by atoms with E-state index in [1.165, 1.54) is 36.9 Å². The minimum absolute atomic E-state index is 0.223. The van der Waals surface area contributed by atoms with Gasteiger partial charge in [0, 0.05) is 31.1 Å². The Kier molecular flexibility index (Phi) is 2.75. The number of nitrogens with zero attached hydrogens (tertiary/aromatic N) is 1. The summed E-state index contributed by atoms with van der Waals surface area (Å²) in [6, 6.07) is 6.26. The molecule has 108 valence electrons. The summed E-state index contributed by atoms with van der Waals surface area (Å²) in [7, 11) is 0. The highest BCUT2D eigenvalue weighted by atomic mass is 16.5. The average Bonchev–Trinajstić information content (AvgIpc) is 3.22. The Bertz CT molecular complexity index is 520. The zero-order chi connectivity index (χ0) is 13.7. The fraction of sp³-hybridized carbons (Fsp3) is 0.647. The Balaban J connectivity index is 1.49. The zero-order valence-electron chi connectivity index (χ0n) is 12.3. The molecule has 1 saturated carbocycles. The van der Waals surface area contributed by atoms with Gasteiger partial charge in [-0.15, -0.1) is 0 Å². The first-order chi connectivity index (χ1) is 9.68. The third-order valence-corrected chi connectivity index (χ3v) is 5.65. The van der Waals surface area contributed by atoms with Crippen molar-refractivity contribution in [1.82, 2.24) is 0 Å². The van der Waals surface area contributed by atoms with Gasteiger partial charge in [0.05, 0.1) is 5.60 Å². The number of nitrogen functional groups attached to an aromatic ring is 1. The van der Waals surface area contributed by atoms with Crippen LogP contribution in [0.2, 0.25) is 0 Å². The maximum Gasteiger partial charge on any atom is 0.0746 e. The first kappa shape index (κ1) is 12.5. The Morgan fingerprint density at radius 1 is 1.30 bits per heavy atom. The summed E-state index contributed by atoms with van der Waals surface area (Å²) in [4.78, 5) is 2.51. The van der Waals surface area contributed by atoms with Gasteiger partial charge in [-0.2, -0.15) is 0 Å². The summed E-state index contributed by atoms with van der Waals surface area (Å²) in [5.74, 6) is 1.85. The van der Waals surface area contributed by atoms with Crippen molar-refractivity contribution in [3.8, 4) is 0 Å². The van der Waals surface area contributed by atoms with Crippen LogP contribution in [0.15, 0.2) is 18.2 Å². The fourth-order valence-corrected chi connectivity index (χ4v) is 4.41. The van der Waals surface area contributed by atoms with Crippen molar-refractivity contribution >= 4 is 11.4 Å². The summed E-state index contributed by atoms with van der Waals surface area (Å²) in [5, 5.41) is 0. The van der Waals surface area contributed by atoms with Gasteiger partial charge in [-0.3, -0.25) is 0 Å². The van der Waals surface area contributed by atoms with E-state index in [1.54, 1.807) is 0 Å². The predicted molar refractivity (Wildman–Crippen MR) is 81.9 cm³/mol. The molecular weight excluding hydrogens is 248 g/mol. The van der Waals surface area contributed by atoms with E-state index in [9.17, 15) is 0 Å². The number of anilines is 2. The standard InChI is InChI=1S/C17H24N2O/c1-12-10-14(18)2-3-16(12)19-7-5-17(6-8-19)15-11-13(15)4-9-20-17/h2-3,10,13,15H,4-9,11,18H2,1H3. The molecule has 2 unspecified atom stereocenters. The first-order valence-corrected chi connectivity index (χ1v) is 7.93. The second-order valence-corrected chi connectivity index (χ2v) is 6.84. The number of rotatable bonds is 1. The van der Waals surface area contributed by atoms with Gasteiger partial charge in [0.1, 0.15) is 0 Å². The number of fused-ring (bicyclic) bond motifs is 2. The molecule has 1 spiro atoms. The molecule has 4 rings (SSSR count). The SMILES string of the molecule is Cc1cc(N)ccc1N1CCC2(CC1)OCCC1CC12. The number of nitrogens with two attached hydrogens (primary N) is 1. The Labute approximate surface area is 121 Å². The van der Waals surface area contributed by atoms with E-state index in [0.29, 0.717) is 0 Å². The molecule has 1 aliphatic carbocycles. The normalized spacial score (nSPS) is 31.1. The highest BCUT2D eigenvalue weighted by molar-refractivity contribution is 5.59. The summed E-state index contributed by atoms with van der Waals surface area (Å²) >= 11 is 0. The van der Waals surface area contributed by atoms with Gasteiger partial charge in [-0.25, -0.2) is 0 Å².